The SMILES string of the molecule is C=Cc1cc([N+](=O)[O-])ccc1[N+](=O)[O-]. The highest BCUT2D eigenvalue weighted by molar-refractivity contribution is 5.62. The van der Waals surface area contributed by atoms with E-state index in [2.05, 4.69) is 6.58 Å². The first-order valence-electron chi connectivity index (χ1n) is 3.61. The number of benzene rings is 1. The van der Waals surface area contributed by atoms with E-state index in [0.717, 1.165) is 18.2 Å². The third kappa shape index (κ3) is 1.74. The Morgan fingerprint density at radius 1 is 1.21 bits per heavy atom. The highest BCUT2D eigenvalue weighted by atomic mass is 16.6. The predicted octanol–water partition coefficient (Wildman–Crippen LogP) is 2.15. The average molecular weight is 194 g/mol. The number of hydrogen-bond acceptors (Lipinski definition) is 4. The van der Waals surface area contributed by atoms with E-state index in [4.69, 9.17) is 0 Å². The van der Waals surface area contributed by atoms with Crippen molar-refractivity contribution in [1.29, 1.82) is 0 Å². The molecule has 72 valence electrons. The lowest BCUT2D eigenvalue weighted by Gasteiger charge is -1.96. The molecule has 0 spiro atoms. The minimum Gasteiger partial charge on any atom is -0.258 e. The first-order chi connectivity index (χ1) is 6.56. The smallest absolute Gasteiger partial charge is 0.258 e. The lowest BCUT2D eigenvalue weighted by Crippen LogP contribution is -1.94. The molecule has 0 saturated carbocycles. The number of non-ortho nitro benzene ring substituents is 1. The summed E-state index contributed by atoms with van der Waals surface area (Å²) in [4.78, 5) is 19.6. The van der Waals surface area contributed by atoms with Crippen LogP contribution in [-0.4, -0.2) is 9.85 Å². The monoisotopic (exact) mass is 194 g/mol. The first-order valence-corrected chi connectivity index (χ1v) is 3.61. The molecule has 0 saturated heterocycles. The van der Waals surface area contributed by atoms with Crippen LogP contribution in [0.2, 0.25) is 0 Å². The Morgan fingerprint density at radius 3 is 2.29 bits per heavy atom. The maximum absolute atomic E-state index is 10.4. The molecule has 0 amide bonds. The van der Waals surface area contributed by atoms with Crippen molar-refractivity contribution in [2.45, 2.75) is 0 Å². The molecule has 0 aliphatic rings. The number of hydrogen-bond donors (Lipinski definition) is 0. The van der Waals surface area contributed by atoms with Crippen molar-refractivity contribution in [1.82, 2.24) is 0 Å². The van der Waals surface area contributed by atoms with E-state index in [9.17, 15) is 20.2 Å². The fraction of sp³-hybridized carbons (Fsp3) is 0. The first kappa shape index (κ1) is 9.85. The standard InChI is InChI=1S/C8H6N2O4/c1-2-6-5-7(9(11)12)3-4-8(6)10(13)14/h2-5H,1H2. The van der Waals surface area contributed by atoms with E-state index in [1.807, 2.05) is 0 Å². The molecular formula is C8H6N2O4. The van der Waals surface area contributed by atoms with E-state index in [1.165, 1.54) is 6.08 Å². The Kier molecular flexibility index (Phi) is 2.57. The zero-order chi connectivity index (χ0) is 10.7. The van der Waals surface area contributed by atoms with Crippen molar-refractivity contribution in [3.8, 4) is 0 Å². The molecule has 6 heteroatoms. The second-order valence-corrected chi connectivity index (χ2v) is 2.46. The van der Waals surface area contributed by atoms with Gasteiger partial charge in [0.2, 0.25) is 0 Å². The van der Waals surface area contributed by atoms with E-state index >= 15 is 0 Å². The molecule has 0 radical (unpaired) electrons. The van der Waals surface area contributed by atoms with Gasteiger partial charge in [0, 0.05) is 18.2 Å². The second-order valence-electron chi connectivity index (χ2n) is 2.46. The van der Waals surface area contributed by atoms with Crippen molar-refractivity contribution in [2.75, 3.05) is 0 Å². The van der Waals surface area contributed by atoms with Crippen molar-refractivity contribution in [3.05, 3.63) is 50.6 Å². The summed E-state index contributed by atoms with van der Waals surface area (Å²) in [7, 11) is 0. The molecule has 1 aromatic carbocycles. The molecule has 0 fully saturated rings. The number of nitro benzene ring substituents is 2. The van der Waals surface area contributed by atoms with E-state index < -0.39 is 9.85 Å². The summed E-state index contributed by atoms with van der Waals surface area (Å²) in [5.74, 6) is 0. The van der Waals surface area contributed by atoms with Crippen LogP contribution in [0.4, 0.5) is 11.4 Å². The van der Waals surface area contributed by atoms with Crippen molar-refractivity contribution in [3.63, 3.8) is 0 Å². The van der Waals surface area contributed by atoms with E-state index in [0.29, 0.717) is 0 Å². The Labute approximate surface area is 78.8 Å². The van der Waals surface area contributed by atoms with Gasteiger partial charge in [0.15, 0.2) is 0 Å². The Morgan fingerprint density at radius 2 is 1.86 bits per heavy atom. The summed E-state index contributed by atoms with van der Waals surface area (Å²) in [6.07, 6.45) is 1.21. The Balaban J connectivity index is 3.32. The van der Waals surface area contributed by atoms with E-state index in [1.54, 1.807) is 0 Å². The van der Waals surface area contributed by atoms with Crippen LogP contribution in [0, 0.1) is 20.2 Å². The third-order valence-corrected chi connectivity index (χ3v) is 1.64. The number of rotatable bonds is 3. The van der Waals surface area contributed by atoms with Crippen LogP contribution < -0.4 is 0 Å². The van der Waals surface area contributed by atoms with Gasteiger partial charge in [-0.3, -0.25) is 20.2 Å². The van der Waals surface area contributed by atoms with Gasteiger partial charge in [0.1, 0.15) is 0 Å². The van der Waals surface area contributed by atoms with Gasteiger partial charge in [0.25, 0.3) is 11.4 Å². The molecule has 0 unspecified atom stereocenters. The summed E-state index contributed by atoms with van der Waals surface area (Å²) in [6.45, 7) is 3.35. The highest BCUT2D eigenvalue weighted by Crippen LogP contribution is 2.24. The van der Waals surface area contributed by atoms with Crippen molar-refractivity contribution >= 4 is 17.5 Å². The average Bonchev–Trinajstić information content (AvgIpc) is 2.16. The van der Waals surface area contributed by atoms with Gasteiger partial charge < -0.3 is 0 Å². The predicted molar refractivity (Wildman–Crippen MR) is 49.8 cm³/mol. The fourth-order valence-electron chi connectivity index (χ4n) is 0.985. The van der Waals surface area contributed by atoms with Gasteiger partial charge in [-0.1, -0.05) is 12.7 Å². The van der Waals surface area contributed by atoms with Crippen LogP contribution in [0.25, 0.3) is 6.08 Å². The van der Waals surface area contributed by atoms with Crippen LogP contribution >= 0.6 is 0 Å². The molecule has 0 aromatic heterocycles. The summed E-state index contributed by atoms with van der Waals surface area (Å²) in [5.41, 5.74) is -0.236. The minimum atomic E-state index is -0.614. The van der Waals surface area contributed by atoms with Gasteiger partial charge in [-0.15, -0.1) is 0 Å². The van der Waals surface area contributed by atoms with Crippen LogP contribution in [0.1, 0.15) is 5.56 Å². The highest BCUT2D eigenvalue weighted by Gasteiger charge is 2.15. The number of nitro groups is 2. The summed E-state index contributed by atoms with van der Waals surface area (Å²) < 4.78 is 0. The fourth-order valence-corrected chi connectivity index (χ4v) is 0.985. The third-order valence-electron chi connectivity index (χ3n) is 1.64. The zero-order valence-corrected chi connectivity index (χ0v) is 7.04. The van der Waals surface area contributed by atoms with Gasteiger partial charge >= 0.3 is 0 Å². The molecule has 0 aliphatic carbocycles. The molecule has 14 heavy (non-hydrogen) atoms. The van der Waals surface area contributed by atoms with Gasteiger partial charge in [-0.2, -0.15) is 0 Å². The van der Waals surface area contributed by atoms with Gasteiger partial charge in [0.05, 0.1) is 15.4 Å². The van der Waals surface area contributed by atoms with Crippen LogP contribution in [0.3, 0.4) is 0 Å². The lowest BCUT2D eigenvalue weighted by molar-refractivity contribution is -0.389. The largest absolute Gasteiger partial charge is 0.277 e. The van der Waals surface area contributed by atoms with E-state index in [-0.39, 0.29) is 16.9 Å². The Bertz CT molecular complexity index is 414. The molecule has 0 aliphatic heterocycles. The molecular weight excluding hydrogens is 188 g/mol. The maximum Gasteiger partial charge on any atom is 0.277 e. The lowest BCUT2D eigenvalue weighted by atomic mass is 10.1. The minimum absolute atomic E-state index is 0.143. The Hall–Kier alpha value is -2.24. The summed E-state index contributed by atoms with van der Waals surface area (Å²) in [6, 6.07) is 3.30. The van der Waals surface area contributed by atoms with Crippen LogP contribution in [0.15, 0.2) is 24.8 Å². The molecule has 6 nitrogen and oxygen atoms in total. The van der Waals surface area contributed by atoms with Crippen molar-refractivity contribution < 1.29 is 9.85 Å². The quantitative estimate of drug-likeness (QED) is 0.544. The normalized spacial score (nSPS) is 9.43. The van der Waals surface area contributed by atoms with Crippen LogP contribution in [-0.2, 0) is 0 Å². The molecule has 0 heterocycles. The molecule has 1 rings (SSSR count). The molecule has 0 N–H and O–H groups in total. The molecule has 0 bridgehead atoms. The second kappa shape index (κ2) is 3.65. The van der Waals surface area contributed by atoms with Gasteiger partial charge in [-0.25, -0.2) is 0 Å². The molecule has 0 atom stereocenters. The summed E-state index contributed by atoms with van der Waals surface area (Å²) in [5, 5.41) is 20.8. The topological polar surface area (TPSA) is 86.3 Å². The van der Waals surface area contributed by atoms with Crippen molar-refractivity contribution in [2.24, 2.45) is 0 Å². The molecule has 1 aromatic rings. The van der Waals surface area contributed by atoms with Gasteiger partial charge in [-0.05, 0) is 0 Å². The zero-order valence-electron chi connectivity index (χ0n) is 7.04. The van der Waals surface area contributed by atoms with Crippen LogP contribution in [0.5, 0.6) is 0 Å². The summed E-state index contributed by atoms with van der Waals surface area (Å²) >= 11 is 0. The maximum atomic E-state index is 10.4. The number of nitrogens with zero attached hydrogens (tertiary/aromatic N) is 2.